The van der Waals surface area contributed by atoms with Crippen LogP contribution in [0.3, 0.4) is 0 Å². The van der Waals surface area contributed by atoms with Crippen molar-refractivity contribution in [3.8, 4) is 0 Å². The molecule has 0 aromatic carbocycles. The van der Waals surface area contributed by atoms with Gasteiger partial charge in [-0.15, -0.1) is 0 Å². The summed E-state index contributed by atoms with van der Waals surface area (Å²) in [6.45, 7) is 13.3. The normalized spacial score (nSPS) is 33.2. The van der Waals surface area contributed by atoms with Gasteiger partial charge in [0.25, 0.3) is 0 Å². The molecular formula is C11H25N. The lowest BCUT2D eigenvalue weighted by Gasteiger charge is -2.45. The minimum atomic E-state index is 0.621. The fraction of sp³-hybridized carbons (Fsp3) is 1.00. The average Bonchev–Trinajstić information content (AvgIpc) is 2.15. The quantitative estimate of drug-likeness (QED) is 0.688. The second-order valence-corrected chi connectivity index (χ2v) is 3.87. The van der Waals surface area contributed by atoms with Crippen LogP contribution >= 0.6 is 0 Å². The van der Waals surface area contributed by atoms with Crippen LogP contribution in [0.1, 0.15) is 47.5 Å². The first-order valence-corrected chi connectivity index (χ1v) is 5.40. The summed E-state index contributed by atoms with van der Waals surface area (Å²) in [7, 11) is 0. The summed E-state index contributed by atoms with van der Waals surface area (Å²) < 4.78 is 0. The monoisotopic (exact) mass is 171 g/mol. The predicted molar refractivity (Wildman–Crippen MR) is 56.4 cm³/mol. The molecular weight excluding hydrogens is 146 g/mol. The highest BCUT2D eigenvalue weighted by molar-refractivity contribution is 4.90. The minimum Gasteiger partial charge on any atom is -0.316 e. The molecule has 1 aliphatic carbocycles. The second-order valence-electron chi connectivity index (χ2n) is 3.87. The molecule has 1 N–H and O–H groups in total. The van der Waals surface area contributed by atoms with E-state index in [1.54, 1.807) is 0 Å². The van der Waals surface area contributed by atoms with Gasteiger partial charge in [-0.1, -0.05) is 34.6 Å². The van der Waals surface area contributed by atoms with Crippen LogP contribution in [-0.4, -0.2) is 13.1 Å². The number of hydrogen-bond acceptors (Lipinski definition) is 1. The van der Waals surface area contributed by atoms with E-state index in [0.717, 1.165) is 12.5 Å². The molecule has 0 aromatic rings. The lowest BCUT2D eigenvalue weighted by atomic mass is 9.62. The Kier molecular flexibility index (Phi) is 5.56. The van der Waals surface area contributed by atoms with Crippen LogP contribution in [0.2, 0.25) is 0 Å². The molecule has 0 radical (unpaired) electrons. The second kappa shape index (κ2) is 5.58. The third kappa shape index (κ3) is 2.78. The van der Waals surface area contributed by atoms with Crippen LogP contribution in [0.4, 0.5) is 0 Å². The highest BCUT2D eigenvalue weighted by Gasteiger charge is 2.38. The molecule has 0 amide bonds. The van der Waals surface area contributed by atoms with E-state index in [-0.39, 0.29) is 0 Å². The van der Waals surface area contributed by atoms with Crippen molar-refractivity contribution in [2.24, 2.45) is 11.3 Å². The molecule has 1 rings (SSSR count). The Morgan fingerprint density at radius 2 is 2.00 bits per heavy atom. The van der Waals surface area contributed by atoms with Crippen molar-refractivity contribution in [1.29, 1.82) is 0 Å². The molecule has 12 heavy (non-hydrogen) atoms. The zero-order chi connectivity index (χ0) is 9.61. The molecule has 1 fully saturated rings. The maximum atomic E-state index is 3.42. The molecule has 0 spiro atoms. The number of nitrogens with one attached hydrogen (secondary N) is 1. The molecule has 1 heteroatoms. The zero-order valence-electron chi connectivity index (χ0n) is 9.41. The van der Waals surface area contributed by atoms with Gasteiger partial charge in [0.2, 0.25) is 0 Å². The van der Waals surface area contributed by atoms with Gasteiger partial charge in [0.1, 0.15) is 0 Å². The van der Waals surface area contributed by atoms with Gasteiger partial charge >= 0.3 is 0 Å². The van der Waals surface area contributed by atoms with Crippen LogP contribution < -0.4 is 5.32 Å². The highest BCUT2D eigenvalue weighted by Crippen LogP contribution is 2.45. The van der Waals surface area contributed by atoms with Crippen LogP contribution in [0.25, 0.3) is 0 Å². The first-order valence-electron chi connectivity index (χ1n) is 5.40. The fourth-order valence-electron chi connectivity index (χ4n) is 1.60. The molecule has 0 aromatic heterocycles. The maximum Gasteiger partial charge on any atom is 0.000760 e. The maximum absolute atomic E-state index is 3.42. The van der Waals surface area contributed by atoms with Crippen molar-refractivity contribution in [3.63, 3.8) is 0 Å². The molecule has 0 saturated heterocycles. The molecule has 1 aliphatic rings. The molecule has 1 nitrogen and oxygen atoms in total. The predicted octanol–water partition coefficient (Wildman–Crippen LogP) is 3.06. The van der Waals surface area contributed by atoms with Crippen molar-refractivity contribution >= 4 is 0 Å². The van der Waals surface area contributed by atoms with E-state index in [1.807, 2.05) is 13.8 Å². The van der Waals surface area contributed by atoms with E-state index in [2.05, 4.69) is 26.1 Å². The lowest BCUT2D eigenvalue weighted by molar-refractivity contribution is 0.0661. The van der Waals surface area contributed by atoms with Crippen LogP contribution in [0.5, 0.6) is 0 Å². The third-order valence-electron chi connectivity index (χ3n) is 3.12. The Balaban J connectivity index is 0.000000561. The Morgan fingerprint density at radius 1 is 1.42 bits per heavy atom. The minimum absolute atomic E-state index is 0.621. The summed E-state index contributed by atoms with van der Waals surface area (Å²) in [5.74, 6) is 0.937. The summed E-state index contributed by atoms with van der Waals surface area (Å²) >= 11 is 0. The van der Waals surface area contributed by atoms with E-state index >= 15 is 0 Å². The number of rotatable bonds is 3. The van der Waals surface area contributed by atoms with Crippen LogP contribution in [0.15, 0.2) is 0 Å². The highest BCUT2D eigenvalue weighted by atomic mass is 14.9. The topological polar surface area (TPSA) is 12.0 Å². The Labute approximate surface area is 77.9 Å². The van der Waals surface area contributed by atoms with Gasteiger partial charge in [0.05, 0.1) is 0 Å². The van der Waals surface area contributed by atoms with Gasteiger partial charge in [0.15, 0.2) is 0 Å². The van der Waals surface area contributed by atoms with Gasteiger partial charge in [-0.05, 0) is 30.7 Å². The summed E-state index contributed by atoms with van der Waals surface area (Å²) in [6.07, 6.45) is 2.85. The smallest absolute Gasteiger partial charge is 0.000760 e. The fourth-order valence-corrected chi connectivity index (χ4v) is 1.60. The van der Waals surface area contributed by atoms with E-state index < -0.39 is 0 Å². The van der Waals surface area contributed by atoms with Crippen molar-refractivity contribution in [2.75, 3.05) is 13.1 Å². The van der Waals surface area contributed by atoms with Gasteiger partial charge in [0, 0.05) is 6.54 Å². The van der Waals surface area contributed by atoms with Gasteiger partial charge in [-0.25, -0.2) is 0 Å². The van der Waals surface area contributed by atoms with Crippen LogP contribution in [-0.2, 0) is 0 Å². The first kappa shape index (κ1) is 12.0. The van der Waals surface area contributed by atoms with Gasteiger partial charge in [-0.2, -0.15) is 0 Å². The van der Waals surface area contributed by atoms with Gasteiger partial charge < -0.3 is 5.32 Å². The number of hydrogen-bond donors (Lipinski definition) is 1. The van der Waals surface area contributed by atoms with Crippen molar-refractivity contribution in [3.05, 3.63) is 0 Å². The molecule has 74 valence electrons. The Bertz CT molecular complexity index is 112. The summed E-state index contributed by atoms with van der Waals surface area (Å²) in [4.78, 5) is 0. The van der Waals surface area contributed by atoms with E-state index in [1.165, 1.54) is 19.4 Å². The summed E-state index contributed by atoms with van der Waals surface area (Å²) in [5.41, 5.74) is 0.621. The Morgan fingerprint density at radius 3 is 2.25 bits per heavy atom. The third-order valence-corrected chi connectivity index (χ3v) is 3.12. The molecule has 1 saturated carbocycles. The molecule has 2 unspecified atom stereocenters. The lowest BCUT2D eigenvalue weighted by Crippen LogP contribution is -2.43. The van der Waals surface area contributed by atoms with E-state index in [0.29, 0.717) is 5.41 Å². The van der Waals surface area contributed by atoms with Crippen molar-refractivity contribution in [2.45, 2.75) is 47.5 Å². The summed E-state index contributed by atoms with van der Waals surface area (Å²) in [6, 6.07) is 0. The molecule has 0 bridgehead atoms. The van der Waals surface area contributed by atoms with Gasteiger partial charge in [-0.3, -0.25) is 0 Å². The standard InChI is InChI=1S/C9H19N.C2H6/c1-4-10-7-9(3)6-5-8(9)2;1-2/h8,10H,4-7H2,1-3H3;1-2H3. The zero-order valence-corrected chi connectivity index (χ0v) is 9.41. The van der Waals surface area contributed by atoms with Crippen molar-refractivity contribution in [1.82, 2.24) is 5.32 Å². The largest absolute Gasteiger partial charge is 0.316 e. The average molecular weight is 171 g/mol. The SMILES string of the molecule is CC.CCNCC1(C)CCC1C. The van der Waals surface area contributed by atoms with E-state index in [9.17, 15) is 0 Å². The van der Waals surface area contributed by atoms with E-state index in [4.69, 9.17) is 0 Å². The molecule has 0 aliphatic heterocycles. The molecule has 0 heterocycles. The summed E-state index contributed by atoms with van der Waals surface area (Å²) in [5, 5.41) is 3.42. The first-order chi connectivity index (χ1) is 5.69. The van der Waals surface area contributed by atoms with Crippen LogP contribution in [0, 0.1) is 11.3 Å². The Hall–Kier alpha value is -0.0400. The van der Waals surface area contributed by atoms with Crippen molar-refractivity contribution < 1.29 is 0 Å². The molecule has 2 atom stereocenters.